The Balaban J connectivity index is 1.58. The Morgan fingerprint density at radius 2 is 2.20 bits per heavy atom. The Hall–Kier alpha value is -1.000. The van der Waals surface area contributed by atoms with E-state index in [0.717, 1.165) is 4.88 Å². The maximum absolute atomic E-state index is 12.4. The van der Waals surface area contributed by atoms with E-state index >= 15 is 0 Å². The number of hydrogen-bond donors (Lipinski definition) is 1. The Morgan fingerprint density at radius 1 is 1.40 bits per heavy atom. The summed E-state index contributed by atoms with van der Waals surface area (Å²) in [5, 5.41) is 4.93. The third kappa shape index (κ3) is 4.22. The predicted octanol–water partition coefficient (Wildman–Crippen LogP) is 0.755. The summed E-state index contributed by atoms with van der Waals surface area (Å²) in [7, 11) is -0.325. The third-order valence-electron chi connectivity index (χ3n) is 5.00. The maximum atomic E-state index is 12.4. The number of hydrogen-bond acceptors (Lipinski definition) is 5. The van der Waals surface area contributed by atoms with E-state index in [4.69, 9.17) is 4.74 Å². The third-order valence-corrected chi connectivity index (χ3v) is 7.75. The van der Waals surface area contributed by atoms with Gasteiger partial charge in [0.2, 0.25) is 5.91 Å². The number of carbonyl (C=O) groups is 1. The van der Waals surface area contributed by atoms with Gasteiger partial charge in [-0.25, -0.2) is 0 Å². The molecule has 0 unspecified atom stereocenters. The van der Waals surface area contributed by atoms with Crippen LogP contribution in [0.1, 0.15) is 11.3 Å². The molecule has 3 rings (SSSR count). The molecule has 0 aromatic carbocycles. The van der Waals surface area contributed by atoms with Crippen molar-refractivity contribution in [3.05, 3.63) is 22.4 Å². The normalized spacial score (nSPS) is 27.4. The van der Waals surface area contributed by atoms with Gasteiger partial charge in [-0.15, -0.1) is 11.3 Å². The van der Waals surface area contributed by atoms with Crippen molar-refractivity contribution in [1.82, 2.24) is 13.9 Å². The Kier molecular flexibility index (Phi) is 5.79. The van der Waals surface area contributed by atoms with Gasteiger partial charge in [0.15, 0.2) is 0 Å². The van der Waals surface area contributed by atoms with Gasteiger partial charge < -0.3 is 10.1 Å². The summed E-state index contributed by atoms with van der Waals surface area (Å²) in [6.45, 7) is 2.57. The number of nitrogens with zero attached hydrogens (tertiary/aromatic N) is 2. The van der Waals surface area contributed by atoms with E-state index in [1.165, 1.54) is 8.61 Å². The van der Waals surface area contributed by atoms with Crippen molar-refractivity contribution in [2.45, 2.75) is 13.0 Å². The zero-order valence-corrected chi connectivity index (χ0v) is 16.2. The highest BCUT2D eigenvalue weighted by molar-refractivity contribution is 7.86. The van der Waals surface area contributed by atoms with Gasteiger partial charge in [-0.3, -0.25) is 4.79 Å². The first-order chi connectivity index (χ1) is 11.9. The van der Waals surface area contributed by atoms with Crippen LogP contribution in [0.15, 0.2) is 17.5 Å². The van der Waals surface area contributed by atoms with E-state index in [0.29, 0.717) is 39.3 Å². The number of thiophene rings is 1. The van der Waals surface area contributed by atoms with Crippen molar-refractivity contribution >= 4 is 27.5 Å². The van der Waals surface area contributed by atoms with E-state index < -0.39 is 10.2 Å². The van der Waals surface area contributed by atoms with E-state index in [1.54, 1.807) is 25.4 Å². The number of ether oxygens (including phenoxy) is 1. The molecule has 9 heteroatoms. The molecule has 0 radical (unpaired) electrons. The lowest BCUT2D eigenvalue weighted by Crippen LogP contribution is -2.39. The fraction of sp³-hybridized carbons (Fsp3) is 0.688. The number of nitrogens with one attached hydrogen (secondary N) is 1. The van der Waals surface area contributed by atoms with Gasteiger partial charge in [-0.1, -0.05) is 6.07 Å². The number of carbonyl (C=O) groups excluding carboxylic acids is 1. The van der Waals surface area contributed by atoms with Gasteiger partial charge in [0.1, 0.15) is 0 Å². The van der Waals surface area contributed by atoms with Crippen LogP contribution in [0.2, 0.25) is 0 Å². The van der Waals surface area contributed by atoms with Gasteiger partial charge in [-0.2, -0.15) is 17.0 Å². The van der Waals surface area contributed by atoms with Crippen LogP contribution in [0, 0.1) is 17.8 Å². The van der Waals surface area contributed by atoms with Crippen molar-refractivity contribution in [3.8, 4) is 0 Å². The predicted molar refractivity (Wildman–Crippen MR) is 96.3 cm³/mol. The summed E-state index contributed by atoms with van der Waals surface area (Å²) in [5.41, 5.74) is 0. The van der Waals surface area contributed by atoms with Crippen molar-refractivity contribution in [3.63, 3.8) is 0 Å². The van der Waals surface area contributed by atoms with Crippen molar-refractivity contribution in [1.29, 1.82) is 0 Å². The second-order valence-electron chi connectivity index (χ2n) is 6.89. The molecule has 1 N–H and O–H groups in total. The molecule has 3 heterocycles. The van der Waals surface area contributed by atoms with Crippen LogP contribution in [0.5, 0.6) is 0 Å². The first-order valence-corrected chi connectivity index (χ1v) is 10.7. The maximum Gasteiger partial charge on any atom is 0.281 e. The highest BCUT2D eigenvalue weighted by Gasteiger charge is 2.45. The van der Waals surface area contributed by atoms with E-state index in [-0.39, 0.29) is 23.7 Å². The minimum absolute atomic E-state index is 0.00318. The molecule has 1 amide bonds. The van der Waals surface area contributed by atoms with Crippen LogP contribution >= 0.6 is 11.3 Å². The second-order valence-corrected chi connectivity index (χ2v) is 10.1. The fourth-order valence-corrected chi connectivity index (χ4v) is 5.45. The summed E-state index contributed by atoms with van der Waals surface area (Å²) in [6.07, 6.45) is 0.377. The monoisotopic (exact) mass is 387 g/mol. The van der Waals surface area contributed by atoms with Gasteiger partial charge in [0, 0.05) is 44.4 Å². The number of fused-ring (bicyclic) bond motifs is 1. The summed E-state index contributed by atoms with van der Waals surface area (Å²) < 4.78 is 33.2. The highest BCUT2D eigenvalue weighted by atomic mass is 32.2. The Labute approximate surface area is 153 Å². The van der Waals surface area contributed by atoms with Gasteiger partial charge in [0.25, 0.3) is 10.2 Å². The summed E-state index contributed by atoms with van der Waals surface area (Å²) in [6, 6.07) is 3.95. The summed E-state index contributed by atoms with van der Waals surface area (Å²) >= 11 is 1.61. The van der Waals surface area contributed by atoms with Gasteiger partial charge >= 0.3 is 0 Å². The molecule has 0 bridgehead atoms. The molecular weight excluding hydrogens is 362 g/mol. The van der Waals surface area contributed by atoms with Crippen molar-refractivity contribution < 1.29 is 17.9 Å². The van der Waals surface area contributed by atoms with Crippen LogP contribution in [0.4, 0.5) is 0 Å². The molecule has 0 aliphatic carbocycles. The minimum atomic E-state index is -3.41. The lowest BCUT2D eigenvalue weighted by molar-refractivity contribution is -0.124. The summed E-state index contributed by atoms with van der Waals surface area (Å²) in [5.74, 6) is 0.399. The molecule has 25 heavy (non-hydrogen) atoms. The van der Waals surface area contributed by atoms with Crippen LogP contribution in [0.3, 0.4) is 0 Å². The van der Waals surface area contributed by atoms with E-state index in [1.807, 2.05) is 17.5 Å². The first kappa shape index (κ1) is 18.8. The van der Waals surface area contributed by atoms with Crippen LogP contribution < -0.4 is 5.32 Å². The molecule has 2 aliphatic heterocycles. The van der Waals surface area contributed by atoms with Gasteiger partial charge in [-0.05, 0) is 23.3 Å². The minimum Gasteiger partial charge on any atom is -0.381 e. The largest absolute Gasteiger partial charge is 0.381 e. The zero-order chi connectivity index (χ0) is 18.0. The highest BCUT2D eigenvalue weighted by Crippen LogP contribution is 2.37. The Bertz CT molecular complexity index is 690. The van der Waals surface area contributed by atoms with Crippen LogP contribution in [-0.4, -0.2) is 63.3 Å². The SMILES string of the molecule is CN(C)S(=O)(=O)N1C[C@@H]2COC[C@@H](CC(=O)NCc3cccs3)[C@@H]2C1. The summed E-state index contributed by atoms with van der Waals surface area (Å²) in [4.78, 5) is 13.4. The smallest absolute Gasteiger partial charge is 0.281 e. The lowest BCUT2D eigenvalue weighted by Gasteiger charge is -2.32. The molecule has 0 spiro atoms. The molecule has 140 valence electrons. The molecule has 2 saturated heterocycles. The number of amides is 1. The molecule has 7 nitrogen and oxygen atoms in total. The van der Waals surface area contributed by atoms with E-state index in [9.17, 15) is 13.2 Å². The van der Waals surface area contributed by atoms with Gasteiger partial charge in [0.05, 0.1) is 19.8 Å². The molecular formula is C16H25N3O4S2. The van der Waals surface area contributed by atoms with Crippen molar-refractivity contribution in [2.24, 2.45) is 17.8 Å². The molecule has 2 aliphatic rings. The van der Waals surface area contributed by atoms with Crippen molar-refractivity contribution in [2.75, 3.05) is 40.4 Å². The topological polar surface area (TPSA) is 79.0 Å². The Morgan fingerprint density at radius 3 is 2.88 bits per heavy atom. The molecule has 2 fully saturated rings. The average Bonchev–Trinajstić information content (AvgIpc) is 3.23. The fourth-order valence-electron chi connectivity index (χ4n) is 3.60. The van der Waals surface area contributed by atoms with Crippen LogP contribution in [0.25, 0.3) is 0 Å². The quantitative estimate of drug-likeness (QED) is 0.781. The molecule has 1 aromatic rings. The van der Waals surface area contributed by atoms with E-state index in [2.05, 4.69) is 5.32 Å². The number of rotatable bonds is 6. The molecule has 3 atom stereocenters. The standard InChI is InChI=1S/C16H25N3O4S2/c1-18(2)25(21,22)19-8-13-11-23-10-12(15(13)9-19)6-16(20)17-7-14-4-3-5-24-14/h3-5,12-13,15H,6-11H2,1-2H3,(H,17,20)/t12-,13-,15+/m1/s1. The first-order valence-electron chi connectivity index (χ1n) is 8.42. The average molecular weight is 388 g/mol. The zero-order valence-electron chi connectivity index (χ0n) is 14.6. The second kappa shape index (κ2) is 7.71. The van der Waals surface area contributed by atoms with Crippen LogP contribution in [-0.2, 0) is 26.3 Å². The molecule has 0 saturated carbocycles. The molecule has 1 aromatic heterocycles. The lowest BCUT2D eigenvalue weighted by atomic mass is 9.81.